The van der Waals surface area contributed by atoms with Gasteiger partial charge in [-0.15, -0.1) is 0 Å². The van der Waals surface area contributed by atoms with Crippen LogP contribution in [0.5, 0.6) is 0 Å². The number of hydrogen-bond acceptors (Lipinski definition) is 5. The number of aromatic nitrogens is 3. The van der Waals surface area contributed by atoms with Gasteiger partial charge in [0, 0.05) is 7.05 Å². The molecular weight excluding hydrogens is 406 g/mol. The molecule has 160 valence electrons. The summed E-state index contributed by atoms with van der Waals surface area (Å²) in [7, 11) is 1.90. The molecule has 7 heteroatoms. The summed E-state index contributed by atoms with van der Waals surface area (Å²) in [5, 5.41) is 8.55. The van der Waals surface area contributed by atoms with E-state index in [1.165, 1.54) is 11.1 Å². The highest BCUT2D eigenvalue weighted by Crippen LogP contribution is 2.32. The van der Waals surface area contributed by atoms with Crippen molar-refractivity contribution in [2.75, 3.05) is 18.5 Å². The average Bonchev–Trinajstić information content (AvgIpc) is 3.29. The summed E-state index contributed by atoms with van der Waals surface area (Å²) in [5.41, 5.74) is 6.22. The lowest BCUT2D eigenvalue weighted by atomic mass is 10.1. The van der Waals surface area contributed by atoms with E-state index in [9.17, 15) is 4.79 Å². The molecule has 1 unspecified atom stereocenters. The zero-order valence-electron chi connectivity index (χ0n) is 18.5. The number of hydrogen-bond donors (Lipinski definition) is 1. The number of carbonyl (C=O) groups excluding carboxylic acids is 1. The van der Waals surface area contributed by atoms with Crippen LogP contribution in [0.2, 0.25) is 0 Å². The molecule has 2 aromatic carbocycles. The molecule has 0 radical (unpaired) electrons. The van der Waals surface area contributed by atoms with Gasteiger partial charge in [0.05, 0.1) is 28.7 Å². The Hall–Kier alpha value is -3.19. The van der Waals surface area contributed by atoms with Gasteiger partial charge in [-0.25, -0.2) is 4.68 Å². The van der Waals surface area contributed by atoms with Gasteiger partial charge in [-0.3, -0.25) is 4.79 Å². The molecule has 0 aliphatic rings. The van der Waals surface area contributed by atoms with E-state index in [4.69, 9.17) is 4.98 Å². The van der Waals surface area contributed by atoms with Gasteiger partial charge in [0.25, 0.3) is 0 Å². The van der Waals surface area contributed by atoms with Crippen LogP contribution >= 0.6 is 11.3 Å². The number of aryl methyl sites for hydroxylation is 3. The molecule has 2 heterocycles. The molecule has 4 rings (SSSR count). The third kappa shape index (κ3) is 4.46. The highest BCUT2D eigenvalue weighted by molar-refractivity contribution is 7.22. The largest absolute Gasteiger partial charge is 0.348 e. The Morgan fingerprint density at radius 3 is 2.58 bits per heavy atom. The van der Waals surface area contributed by atoms with E-state index in [0.29, 0.717) is 0 Å². The number of likely N-dealkylation sites (N-methyl/N-ethyl adjacent to an activating group) is 1. The summed E-state index contributed by atoms with van der Waals surface area (Å²) in [6.45, 7) is 8.35. The summed E-state index contributed by atoms with van der Waals surface area (Å²) in [4.78, 5) is 19.3. The number of amides is 1. The molecule has 0 saturated carbocycles. The molecule has 2 aromatic heterocycles. The summed E-state index contributed by atoms with van der Waals surface area (Å²) < 4.78 is 2.92. The Kier molecular flexibility index (Phi) is 5.78. The smallest absolute Gasteiger partial charge is 0.240 e. The molecule has 0 fully saturated rings. The van der Waals surface area contributed by atoms with E-state index in [0.717, 1.165) is 32.4 Å². The number of rotatable bonds is 6. The maximum absolute atomic E-state index is 12.6. The number of fused-ring (bicyclic) bond motifs is 1. The SMILES string of the molecule is Cc1ccc(C(C)NC(=O)CN(C)c2nc3c(s2)c(C)nn3-c2cccc(C)c2)cc1. The predicted molar refractivity (Wildman–Crippen MR) is 127 cm³/mol. The van der Waals surface area contributed by atoms with E-state index < -0.39 is 0 Å². The predicted octanol–water partition coefficient (Wildman–Crippen LogP) is 4.72. The molecule has 0 spiro atoms. The fraction of sp³-hybridized carbons (Fsp3) is 0.292. The van der Waals surface area contributed by atoms with Crippen molar-refractivity contribution in [1.82, 2.24) is 20.1 Å². The first kappa shape index (κ1) is 21.1. The molecule has 0 bridgehead atoms. The molecule has 1 atom stereocenters. The first-order valence-corrected chi connectivity index (χ1v) is 11.1. The van der Waals surface area contributed by atoms with Crippen LogP contribution in [-0.2, 0) is 4.79 Å². The number of nitrogens with one attached hydrogen (secondary N) is 1. The number of nitrogens with zero attached hydrogens (tertiary/aromatic N) is 4. The zero-order chi connectivity index (χ0) is 22.1. The average molecular weight is 434 g/mol. The molecule has 0 aliphatic heterocycles. The van der Waals surface area contributed by atoms with E-state index in [1.807, 2.05) is 42.6 Å². The summed E-state index contributed by atoms with van der Waals surface area (Å²) in [5.74, 6) is -0.0353. The lowest BCUT2D eigenvalue weighted by Gasteiger charge is -2.19. The van der Waals surface area contributed by atoms with Crippen molar-refractivity contribution in [3.05, 3.63) is 70.9 Å². The molecule has 0 saturated heterocycles. The van der Waals surface area contributed by atoms with Crippen LogP contribution in [0.4, 0.5) is 5.13 Å². The highest BCUT2D eigenvalue weighted by Gasteiger charge is 2.19. The van der Waals surface area contributed by atoms with Gasteiger partial charge >= 0.3 is 0 Å². The maximum atomic E-state index is 12.6. The number of thiazole rings is 1. The van der Waals surface area contributed by atoms with Crippen molar-refractivity contribution in [1.29, 1.82) is 0 Å². The molecular formula is C24H27N5OS. The second-order valence-corrected chi connectivity index (χ2v) is 9.02. The molecule has 6 nitrogen and oxygen atoms in total. The lowest BCUT2D eigenvalue weighted by molar-refractivity contribution is -0.120. The highest BCUT2D eigenvalue weighted by atomic mass is 32.1. The number of anilines is 1. The third-order valence-electron chi connectivity index (χ3n) is 5.29. The van der Waals surface area contributed by atoms with E-state index >= 15 is 0 Å². The van der Waals surface area contributed by atoms with Crippen molar-refractivity contribution < 1.29 is 4.79 Å². The van der Waals surface area contributed by atoms with Crippen LogP contribution in [-0.4, -0.2) is 34.3 Å². The molecule has 1 amide bonds. The fourth-order valence-corrected chi connectivity index (χ4v) is 4.48. The first-order valence-electron chi connectivity index (χ1n) is 10.3. The Morgan fingerprint density at radius 2 is 1.87 bits per heavy atom. The lowest BCUT2D eigenvalue weighted by Crippen LogP contribution is -2.36. The Morgan fingerprint density at radius 1 is 1.13 bits per heavy atom. The molecule has 4 aromatic rings. The molecule has 31 heavy (non-hydrogen) atoms. The monoisotopic (exact) mass is 433 g/mol. The minimum atomic E-state index is -0.0472. The quantitative estimate of drug-likeness (QED) is 0.478. The van der Waals surface area contributed by atoms with Crippen molar-refractivity contribution in [3.63, 3.8) is 0 Å². The second kappa shape index (κ2) is 8.51. The third-order valence-corrected chi connectivity index (χ3v) is 6.55. The normalized spacial score (nSPS) is 12.2. The summed E-state index contributed by atoms with van der Waals surface area (Å²) >= 11 is 1.56. The van der Waals surface area contributed by atoms with E-state index in [-0.39, 0.29) is 18.5 Å². The first-order chi connectivity index (χ1) is 14.8. The van der Waals surface area contributed by atoms with Crippen molar-refractivity contribution >= 4 is 32.7 Å². The standard InChI is InChI=1S/C24H27N5OS/c1-15-9-11-19(12-10-15)17(3)25-21(30)14-28(5)24-26-23-22(31-24)18(4)27-29(23)20-8-6-7-16(2)13-20/h6-13,17H,14H2,1-5H3,(H,25,30). The number of carbonyl (C=O) groups is 1. The maximum Gasteiger partial charge on any atom is 0.240 e. The Bertz CT molecular complexity index is 1220. The zero-order valence-corrected chi connectivity index (χ0v) is 19.3. The summed E-state index contributed by atoms with van der Waals surface area (Å²) in [6.07, 6.45) is 0. The van der Waals surface area contributed by atoms with Gasteiger partial charge in [-0.2, -0.15) is 10.1 Å². The molecule has 1 N–H and O–H groups in total. The minimum Gasteiger partial charge on any atom is -0.348 e. The van der Waals surface area contributed by atoms with Gasteiger partial charge in [0.2, 0.25) is 5.91 Å². The topological polar surface area (TPSA) is 63.1 Å². The van der Waals surface area contributed by atoms with Crippen LogP contribution in [0.15, 0.2) is 48.5 Å². The van der Waals surface area contributed by atoms with Gasteiger partial charge in [-0.1, -0.05) is 53.3 Å². The van der Waals surface area contributed by atoms with Crippen LogP contribution in [0.1, 0.15) is 35.3 Å². The van der Waals surface area contributed by atoms with Crippen LogP contribution in [0.3, 0.4) is 0 Å². The van der Waals surface area contributed by atoms with Gasteiger partial charge in [0.1, 0.15) is 0 Å². The Balaban J connectivity index is 1.50. The van der Waals surface area contributed by atoms with E-state index in [1.54, 1.807) is 11.3 Å². The van der Waals surface area contributed by atoms with Gasteiger partial charge in [0.15, 0.2) is 10.8 Å². The number of benzene rings is 2. The van der Waals surface area contributed by atoms with Crippen LogP contribution in [0, 0.1) is 20.8 Å². The Labute approximate surface area is 186 Å². The molecule has 0 aliphatic carbocycles. The second-order valence-electron chi connectivity index (χ2n) is 8.04. The van der Waals surface area contributed by atoms with Crippen molar-refractivity contribution in [2.24, 2.45) is 0 Å². The van der Waals surface area contributed by atoms with Crippen molar-refractivity contribution in [3.8, 4) is 5.69 Å². The van der Waals surface area contributed by atoms with Gasteiger partial charge < -0.3 is 10.2 Å². The van der Waals surface area contributed by atoms with Crippen molar-refractivity contribution in [2.45, 2.75) is 33.7 Å². The van der Waals surface area contributed by atoms with Crippen LogP contribution < -0.4 is 10.2 Å². The fourth-order valence-electron chi connectivity index (χ4n) is 3.53. The minimum absolute atomic E-state index is 0.0353. The van der Waals surface area contributed by atoms with Crippen LogP contribution in [0.25, 0.3) is 16.0 Å². The summed E-state index contributed by atoms with van der Waals surface area (Å²) in [6, 6.07) is 16.4. The van der Waals surface area contributed by atoms with E-state index in [2.05, 4.69) is 60.7 Å². The van der Waals surface area contributed by atoms with Gasteiger partial charge in [-0.05, 0) is 51.0 Å².